The molecule has 2 rings (SSSR count). The maximum atomic E-state index is 5.87. The number of hydrogen-bond donors (Lipinski definition) is 0. The topological polar surface area (TPSA) is 9.23 Å². The molecule has 0 radical (unpaired) electrons. The van der Waals surface area contributed by atoms with Gasteiger partial charge in [-0.25, -0.2) is 0 Å². The van der Waals surface area contributed by atoms with Crippen LogP contribution in [0.3, 0.4) is 0 Å². The molecule has 0 N–H and O–H groups in total. The SMILES string of the molecule is C[SiH](Cc1ccccc1)C1CCCCO1.[H+]. The van der Waals surface area contributed by atoms with E-state index in [4.69, 9.17) is 4.74 Å². The Hall–Kier alpha value is -0.603. The van der Waals surface area contributed by atoms with Gasteiger partial charge >= 0.3 is 1.43 Å². The fraction of sp³-hybridized carbons (Fsp3) is 0.538. The molecule has 0 spiro atoms. The lowest BCUT2D eigenvalue weighted by atomic mass is 10.2. The summed E-state index contributed by atoms with van der Waals surface area (Å²) < 4.78 is 5.87. The molecule has 1 nitrogen and oxygen atoms in total. The third-order valence-corrected chi connectivity index (χ3v) is 6.16. The van der Waals surface area contributed by atoms with E-state index in [-0.39, 0.29) is 1.43 Å². The Balaban J connectivity index is 0.00000128. The van der Waals surface area contributed by atoms with E-state index >= 15 is 0 Å². The predicted molar refractivity (Wildman–Crippen MR) is 67.9 cm³/mol. The molecule has 2 heteroatoms. The second-order valence-electron chi connectivity index (χ2n) is 4.57. The summed E-state index contributed by atoms with van der Waals surface area (Å²) in [5.74, 6) is 0. The molecule has 1 aromatic carbocycles. The molecule has 82 valence electrons. The van der Waals surface area contributed by atoms with Crippen LogP contribution in [0.2, 0.25) is 6.55 Å². The lowest BCUT2D eigenvalue weighted by molar-refractivity contribution is 0.0625. The highest BCUT2D eigenvalue weighted by molar-refractivity contribution is 6.58. The minimum atomic E-state index is -0.732. The van der Waals surface area contributed by atoms with E-state index in [9.17, 15) is 0 Å². The molecule has 1 aliphatic heterocycles. The Bertz CT molecular complexity index is 285. The molecule has 2 unspecified atom stereocenters. The molecule has 1 aromatic rings. The van der Waals surface area contributed by atoms with Gasteiger partial charge in [0.15, 0.2) is 0 Å². The van der Waals surface area contributed by atoms with E-state index in [2.05, 4.69) is 36.9 Å². The van der Waals surface area contributed by atoms with Gasteiger partial charge in [0.25, 0.3) is 0 Å². The van der Waals surface area contributed by atoms with Gasteiger partial charge in [-0.15, -0.1) is 0 Å². The summed E-state index contributed by atoms with van der Waals surface area (Å²) in [6.07, 6.45) is 3.94. The van der Waals surface area contributed by atoms with Crippen molar-refractivity contribution in [2.75, 3.05) is 6.61 Å². The van der Waals surface area contributed by atoms with Crippen molar-refractivity contribution in [3.63, 3.8) is 0 Å². The van der Waals surface area contributed by atoms with Crippen LogP contribution in [-0.2, 0) is 10.8 Å². The first-order chi connectivity index (χ1) is 7.36. The lowest BCUT2D eigenvalue weighted by Crippen LogP contribution is -2.35. The highest BCUT2D eigenvalue weighted by Gasteiger charge is 2.21. The zero-order valence-corrected chi connectivity index (χ0v) is 10.6. The molecule has 0 aliphatic carbocycles. The van der Waals surface area contributed by atoms with E-state index in [1.165, 1.54) is 30.9 Å². The number of benzene rings is 1. The largest absolute Gasteiger partial charge is 1.00 e. The number of hydrogen-bond acceptors (Lipinski definition) is 1. The normalized spacial score (nSPS) is 23.7. The first-order valence-corrected chi connectivity index (χ1v) is 8.65. The molecule has 2 atom stereocenters. The Morgan fingerprint density at radius 1 is 1.33 bits per heavy atom. The zero-order valence-electron chi connectivity index (χ0n) is 10.5. The third kappa shape index (κ3) is 3.18. The average molecular weight is 221 g/mol. The molecule has 0 aromatic heterocycles. The van der Waals surface area contributed by atoms with Crippen molar-refractivity contribution >= 4 is 8.80 Å². The quantitative estimate of drug-likeness (QED) is 0.713. The van der Waals surface area contributed by atoms with E-state index < -0.39 is 8.80 Å². The summed E-state index contributed by atoms with van der Waals surface area (Å²) in [6, 6.07) is 12.1. The Labute approximate surface area is 95.6 Å². The van der Waals surface area contributed by atoms with Gasteiger partial charge in [-0.05, 0) is 25.3 Å². The van der Waals surface area contributed by atoms with Gasteiger partial charge in [-0.1, -0.05) is 42.4 Å². The van der Waals surface area contributed by atoms with Crippen molar-refractivity contribution in [1.29, 1.82) is 0 Å². The monoisotopic (exact) mass is 221 g/mol. The minimum Gasteiger partial charge on any atom is -0.382 e. The Morgan fingerprint density at radius 2 is 2.13 bits per heavy atom. The smallest absolute Gasteiger partial charge is 0.382 e. The Morgan fingerprint density at radius 3 is 2.80 bits per heavy atom. The molecular formula is C13H21OSi+. The summed E-state index contributed by atoms with van der Waals surface area (Å²) in [7, 11) is -0.732. The maximum Gasteiger partial charge on any atom is 1.00 e. The van der Waals surface area contributed by atoms with Gasteiger partial charge in [-0.2, -0.15) is 0 Å². The van der Waals surface area contributed by atoms with Gasteiger partial charge in [0.1, 0.15) is 0 Å². The summed E-state index contributed by atoms with van der Waals surface area (Å²) >= 11 is 0. The van der Waals surface area contributed by atoms with Gasteiger partial charge in [0.2, 0.25) is 0 Å². The molecular weight excluding hydrogens is 200 g/mol. The summed E-state index contributed by atoms with van der Waals surface area (Å²) in [5, 5.41) is 0. The maximum absolute atomic E-state index is 5.87. The molecule has 1 saturated heterocycles. The van der Waals surface area contributed by atoms with E-state index in [0.717, 1.165) is 6.61 Å². The van der Waals surface area contributed by atoms with Crippen molar-refractivity contribution in [2.45, 2.75) is 37.6 Å². The summed E-state index contributed by atoms with van der Waals surface area (Å²) in [5.41, 5.74) is 2.12. The highest BCUT2D eigenvalue weighted by atomic mass is 28.3. The number of ether oxygens (including phenoxy) is 1. The van der Waals surface area contributed by atoms with E-state index in [0.29, 0.717) is 5.73 Å². The Kier molecular flexibility index (Phi) is 3.98. The van der Waals surface area contributed by atoms with E-state index in [1.807, 2.05) is 0 Å². The van der Waals surface area contributed by atoms with Crippen LogP contribution in [0, 0.1) is 0 Å². The molecule has 15 heavy (non-hydrogen) atoms. The molecule has 0 amide bonds. The van der Waals surface area contributed by atoms with Gasteiger partial charge in [-0.3, -0.25) is 0 Å². The first kappa shape index (κ1) is 10.9. The minimum absolute atomic E-state index is 0. The number of rotatable bonds is 3. The van der Waals surface area contributed by atoms with Crippen molar-refractivity contribution in [2.24, 2.45) is 0 Å². The molecule has 1 heterocycles. The standard InChI is InChI=1S/C13H20OSi/c1-15(13-9-5-6-10-14-13)11-12-7-3-2-4-8-12/h2-4,7-8,13,15H,5-6,9-11H2,1H3/p+1. The molecule has 0 saturated carbocycles. The van der Waals surface area contributed by atoms with Crippen molar-refractivity contribution in [3.05, 3.63) is 35.9 Å². The van der Waals surface area contributed by atoms with Crippen LogP contribution in [-0.4, -0.2) is 21.1 Å². The van der Waals surface area contributed by atoms with Crippen LogP contribution in [0.15, 0.2) is 30.3 Å². The predicted octanol–water partition coefficient (Wildman–Crippen LogP) is 2.85. The van der Waals surface area contributed by atoms with Crippen LogP contribution in [0.25, 0.3) is 0 Å². The fourth-order valence-corrected chi connectivity index (χ4v) is 4.88. The molecule has 0 bridgehead atoms. The van der Waals surface area contributed by atoms with Crippen LogP contribution in [0.5, 0.6) is 0 Å². The van der Waals surface area contributed by atoms with Crippen molar-refractivity contribution < 1.29 is 6.16 Å². The van der Waals surface area contributed by atoms with Crippen molar-refractivity contribution in [1.82, 2.24) is 0 Å². The first-order valence-electron chi connectivity index (χ1n) is 6.02. The van der Waals surface area contributed by atoms with Crippen molar-refractivity contribution in [3.8, 4) is 0 Å². The van der Waals surface area contributed by atoms with Crippen LogP contribution in [0.1, 0.15) is 26.3 Å². The average Bonchev–Trinajstić information content (AvgIpc) is 2.31. The summed E-state index contributed by atoms with van der Waals surface area (Å²) in [6.45, 7) is 3.44. The van der Waals surface area contributed by atoms with Crippen LogP contribution < -0.4 is 0 Å². The van der Waals surface area contributed by atoms with Crippen LogP contribution in [0.4, 0.5) is 0 Å². The van der Waals surface area contributed by atoms with Gasteiger partial charge < -0.3 is 4.74 Å². The van der Waals surface area contributed by atoms with Gasteiger partial charge in [0, 0.05) is 12.3 Å². The van der Waals surface area contributed by atoms with Gasteiger partial charge in [0.05, 0.1) is 8.80 Å². The summed E-state index contributed by atoms with van der Waals surface area (Å²) in [4.78, 5) is 0. The second-order valence-corrected chi connectivity index (χ2v) is 7.68. The lowest BCUT2D eigenvalue weighted by Gasteiger charge is -2.27. The highest BCUT2D eigenvalue weighted by Crippen LogP contribution is 2.17. The third-order valence-electron chi connectivity index (χ3n) is 3.25. The zero-order chi connectivity index (χ0) is 10.5. The fourth-order valence-electron chi connectivity index (χ4n) is 2.33. The second kappa shape index (κ2) is 5.47. The van der Waals surface area contributed by atoms with E-state index in [1.54, 1.807) is 0 Å². The molecule has 1 fully saturated rings. The molecule has 1 aliphatic rings. The van der Waals surface area contributed by atoms with Crippen LogP contribution >= 0.6 is 0 Å².